The van der Waals surface area contributed by atoms with Crippen molar-refractivity contribution in [3.05, 3.63) is 42.5 Å². The summed E-state index contributed by atoms with van der Waals surface area (Å²) in [5.41, 5.74) is 5.43. The van der Waals surface area contributed by atoms with Crippen LogP contribution < -0.4 is 10.5 Å². The van der Waals surface area contributed by atoms with Crippen LogP contribution in [0.15, 0.2) is 42.5 Å². The Bertz CT molecular complexity index is 563. The molecule has 0 aliphatic carbocycles. The zero-order chi connectivity index (χ0) is 13.7. The SMILES string of the molecule is NC(CCCOc1cccc2ccccc12)C(=O)O. The zero-order valence-electron chi connectivity index (χ0n) is 10.6. The van der Waals surface area contributed by atoms with E-state index in [1.54, 1.807) is 0 Å². The first kappa shape index (κ1) is 13.4. The number of fused-ring (bicyclic) bond motifs is 1. The first-order chi connectivity index (χ1) is 9.18. The molecule has 4 nitrogen and oxygen atoms in total. The summed E-state index contributed by atoms with van der Waals surface area (Å²) in [6.45, 7) is 0.467. The van der Waals surface area contributed by atoms with Crippen molar-refractivity contribution in [3.8, 4) is 5.75 Å². The van der Waals surface area contributed by atoms with Crippen molar-refractivity contribution in [2.75, 3.05) is 6.61 Å². The van der Waals surface area contributed by atoms with Gasteiger partial charge in [0.1, 0.15) is 11.8 Å². The normalized spacial score (nSPS) is 12.3. The highest BCUT2D eigenvalue weighted by Crippen LogP contribution is 2.25. The molecule has 1 atom stereocenters. The number of hydrogen-bond donors (Lipinski definition) is 2. The van der Waals surface area contributed by atoms with Crippen LogP contribution in [0.4, 0.5) is 0 Å². The number of benzene rings is 2. The van der Waals surface area contributed by atoms with E-state index < -0.39 is 12.0 Å². The topological polar surface area (TPSA) is 72.5 Å². The maximum Gasteiger partial charge on any atom is 0.320 e. The van der Waals surface area contributed by atoms with E-state index in [2.05, 4.69) is 0 Å². The number of aliphatic carboxylic acids is 1. The van der Waals surface area contributed by atoms with Crippen LogP contribution in [0.5, 0.6) is 5.75 Å². The van der Waals surface area contributed by atoms with Gasteiger partial charge in [0.2, 0.25) is 0 Å². The second-order valence-electron chi connectivity index (χ2n) is 4.41. The molecular weight excluding hydrogens is 242 g/mol. The van der Waals surface area contributed by atoms with Gasteiger partial charge in [-0.3, -0.25) is 4.79 Å². The van der Waals surface area contributed by atoms with Crippen LogP contribution >= 0.6 is 0 Å². The highest BCUT2D eigenvalue weighted by molar-refractivity contribution is 5.88. The number of carbonyl (C=O) groups is 1. The molecule has 0 amide bonds. The fraction of sp³-hybridized carbons (Fsp3) is 0.267. The van der Waals surface area contributed by atoms with Gasteiger partial charge >= 0.3 is 5.97 Å². The van der Waals surface area contributed by atoms with Gasteiger partial charge in [-0.15, -0.1) is 0 Å². The molecule has 0 saturated carbocycles. The summed E-state index contributed by atoms with van der Waals surface area (Å²) < 4.78 is 5.70. The molecule has 4 heteroatoms. The van der Waals surface area contributed by atoms with E-state index in [0.29, 0.717) is 19.4 Å². The third-order valence-electron chi connectivity index (χ3n) is 2.98. The van der Waals surface area contributed by atoms with Gasteiger partial charge in [-0.1, -0.05) is 36.4 Å². The molecule has 100 valence electrons. The molecule has 3 N–H and O–H groups in total. The fourth-order valence-electron chi connectivity index (χ4n) is 1.93. The smallest absolute Gasteiger partial charge is 0.320 e. The summed E-state index contributed by atoms with van der Waals surface area (Å²) in [5, 5.41) is 10.9. The standard InChI is InChI=1S/C15H17NO3/c16-13(15(17)18)8-4-10-19-14-9-3-6-11-5-1-2-7-12(11)14/h1-3,5-7,9,13H,4,8,10,16H2,(H,17,18). The molecule has 0 saturated heterocycles. The lowest BCUT2D eigenvalue weighted by Gasteiger charge is -2.10. The molecular formula is C15H17NO3. The number of ether oxygens (including phenoxy) is 1. The monoisotopic (exact) mass is 259 g/mol. The van der Waals surface area contributed by atoms with Crippen LogP contribution in [0.3, 0.4) is 0 Å². The predicted molar refractivity (Wildman–Crippen MR) is 74.3 cm³/mol. The molecule has 0 bridgehead atoms. The summed E-state index contributed by atoms with van der Waals surface area (Å²) in [7, 11) is 0. The summed E-state index contributed by atoms with van der Waals surface area (Å²) in [6.07, 6.45) is 1.04. The molecule has 0 aliphatic heterocycles. The maximum atomic E-state index is 10.6. The molecule has 2 rings (SSSR count). The van der Waals surface area contributed by atoms with Crippen molar-refractivity contribution in [1.82, 2.24) is 0 Å². The van der Waals surface area contributed by atoms with E-state index in [1.165, 1.54) is 0 Å². The van der Waals surface area contributed by atoms with Crippen LogP contribution in [0, 0.1) is 0 Å². The average Bonchev–Trinajstić information content (AvgIpc) is 2.43. The van der Waals surface area contributed by atoms with E-state index in [4.69, 9.17) is 15.6 Å². The minimum absolute atomic E-state index is 0.417. The van der Waals surface area contributed by atoms with Gasteiger partial charge in [-0.2, -0.15) is 0 Å². The zero-order valence-corrected chi connectivity index (χ0v) is 10.6. The van der Waals surface area contributed by atoms with Gasteiger partial charge in [-0.25, -0.2) is 0 Å². The van der Waals surface area contributed by atoms with Crippen molar-refractivity contribution in [2.24, 2.45) is 5.73 Å². The Balaban J connectivity index is 1.93. The minimum atomic E-state index is -0.967. The summed E-state index contributed by atoms with van der Waals surface area (Å²) in [6, 6.07) is 13.1. The quantitative estimate of drug-likeness (QED) is 0.781. The highest BCUT2D eigenvalue weighted by atomic mass is 16.5. The predicted octanol–water partition coefficient (Wildman–Crippen LogP) is 2.41. The van der Waals surface area contributed by atoms with E-state index in [0.717, 1.165) is 16.5 Å². The summed E-state index contributed by atoms with van der Waals surface area (Å²) in [5.74, 6) is -0.146. The first-order valence-electron chi connectivity index (χ1n) is 6.27. The number of carboxylic acids is 1. The van der Waals surface area contributed by atoms with Crippen LogP contribution in [0.2, 0.25) is 0 Å². The lowest BCUT2D eigenvalue weighted by molar-refractivity contribution is -0.138. The van der Waals surface area contributed by atoms with Gasteiger partial charge in [-0.05, 0) is 24.3 Å². The molecule has 2 aromatic carbocycles. The maximum absolute atomic E-state index is 10.6. The molecule has 0 radical (unpaired) electrons. The Hall–Kier alpha value is -2.07. The molecule has 0 aromatic heterocycles. The largest absolute Gasteiger partial charge is 0.493 e. The van der Waals surface area contributed by atoms with E-state index in [-0.39, 0.29) is 0 Å². The molecule has 0 spiro atoms. The Labute approximate surface area is 111 Å². The van der Waals surface area contributed by atoms with Crippen LogP contribution in [-0.4, -0.2) is 23.7 Å². The van der Waals surface area contributed by atoms with Gasteiger partial charge in [0, 0.05) is 5.39 Å². The molecule has 0 aliphatic rings. The summed E-state index contributed by atoms with van der Waals surface area (Å²) >= 11 is 0. The van der Waals surface area contributed by atoms with Crippen molar-refractivity contribution in [3.63, 3.8) is 0 Å². The fourth-order valence-corrected chi connectivity index (χ4v) is 1.93. The van der Waals surface area contributed by atoms with E-state index in [1.807, 2.05) is 42.5 Å². The number of carboxylic acid groups (broad SMARTS) is 1. The van der Waals surface area contributed by atoms with Crippen molar-refractivity contribution >= 4 is 16.7 Å². The minimum Gasteiger partial charge on any atom is -0.493 e. The Morgan fingerprint density at radius 1 is 1.21 bits per heavy atom. The van der Waals surface area contributed by atoms with Crippen LogP contribution in [0.25, 0.3) is 10.8 Å². The lowest BCUT2D eigenvalue weighted by atomic mass is 10.1. The Morgan fingerprint density at radius 3 is 2.74 bits per heavy atom. The molecule has 0 fully saturated rings. The number of nitrogens with two attached hydrogens (primary N) is 1. The van der Waals surface area contributed by atoms with Crippen LogP contribution in [-0.2, 0) is 4.79 Å². The molecule has 19 heavy (non-hydrogen) atoms. The van der Waals surface area contributed by atoms with Crippen molar-refractivity contribution in [1.29, 1.82) is 0 Å². The number of rotatable bonds is 6. The van der Waals surface area contributed by atoms with Gasteiger partial charge in [0.25, 0.3) is 0 Å². The summed E-state index contributed by atoms with van der Waals surface area (Å²) in [4.78, 5) is 10.6. The van der Waals surface area contributed by atoms with Gasteiger partial charge < -0.3 is 15.6 Å². The molecule has 2 aromatic rings. The van der Waals surface area contributed by atoms with E-state index >= 15 is 0 Å². The van der Waals surface area contributed by atoms with E-state index in [9.17, 15) is 4.79 Å². The molecule has 0 heterocycles. The third kappa shape index (κ3) is 3.45. The number of hydrogen-bond acceptors (Lipinski definition) is 3. The highest BCUT2D eigenvalue weighted by Gasteiger charge is 2.10. The van der Waals surface area contributed by atoms with Gasteiger partial charge in [0.15, 0.2) is 0 Å². The second kappa shape index (κ2) is 6.20. The average molecular weight is 259 g/mol. The Morgan fingerprint density at radius 2 is 1.95 bits per heavy atom. The van der Waals surface area contributed by atoms with Gasteiger partial charge in [0.05, 0.1) is 6.61 Å². The lowest BCUT2D eigenvalue weighted by Crippen LogP contribution is -2.30. The van der Waals surface area contributed by atoms with Crippen LogP contribution in [0.1, 0.15) is 12.8 Å². The Kier molecular flexibility index (Phi) is 4.36. The first-order valence-corrected chi connectivity index (χ1v) is 6.27. The molecule has 1 unspecified atom stereocenters. The third-order valence-corrected chi connectivity index (χ3v) is 2.98. The second-order valence-corrected chi connectivity index (χ2v) is 4.41. The van der Waals surface area contributed by atoms with Crippen molar-refractivity contribution < 1.29 is 14.6 Å². The van der Waals surface area contributed by atoms with Crippen molar-refractivity contribution in [2.45, 2.75) is 18.9 Å².